The number of carbonyl (C=O) groups excluding carboxylic acids is 2. The van der Waals surface area contributed by atoms with Crippen molar-refractivity contribution in [2.45, 2.75) is 76.6 Å². The number of aromatic nitrogens is 3. The molecule has 0 radical (unpaired) electrons. The maximum Gasteiger partial charge on any atom is 0.247 e. The molecule has 2 amide bonds. The van der Waals surface area contributed by atoms with E-state index in [1.54, 1.807) is 9.58 Å². The molecule has 3 aromatic rings. The Hall–Kier alpha value is -3.26. The molecule has 5 rings (SSSR count). The molecule has 1 aliphatic heterocycles. The lowest BCUT2D eigenvalue weighted by Gasteiger charge is -2.34. The minimum atomic E-state index is -0.733. The zero-order valence-corrected chi connectivity index (χ0v) is 20.9. The van der Waals surface area contributed by atoms with E-state index in [1.807, 2.05) is 48.5 Å². The van der Waals surface area contributed by atoms with Gasteiger partial charge in [0.1, 0.15) is 18.1 Å². The molecule has 2 aromatic carbocycles. The minimum absolute atomic E-state index is 0.00743. The molecule has 0 spiro atoms. The number of fused-ring (bicyclic) bond motifs is 1. The maximum atomic E-state index is 13.9. The summed E-state index contributed by atoms with van der Waals surface area (Å²) in [7, 11) is 0. The van der Waals surface area contributed by atoms with Crippen LogP contribution in [0.4, 0.5) is 0 Å². The van der Waals surface area contributed by atoms with Crippen molar-refractivity contribution in [3.05, 3.63) is 59.7 Å². The Bertz CT molecular complexity index is 1180. The molecule has 1 aliphatic carbocycles. The summed E-state index contributed by atoms with van der Waals surface area (Å²) in [4.78, 5) is 29.4. The summed E-state index contributed by atoms with van der Waals surface area (Å²) < 4.78 is 7.53. The number of ether oxygens (including phenoxy) is 1. The van der Waals surface area contributed by atoms with Gasteiger partial charge in [-0.25, -0.2) is 4.68 Å². The van der Waals surface area contributed by atoms with Gasteiger partial charge in [0, 0.05) is 19.2 Å². The molecular weight excluding hydrogens is 454 g/mol. The number of hydrogen-bond donors (Lipinski definition) is 1. The van der Waals surface area contributed by atoms with Gasteiger partial charge >= 0.3 is 0 Å². The topological polar surface area (TPSA) is 89.4 Å². The monoisotopic (exact) mass is 489 g/mol. The Labute approximate surface area is 212 Å². The van der Waals surface area contributed by atoms with E-state index in [9.17, 15) is 9.59 Å². The highest BCUT2D eigenvalue weighted by Crippen LogP contribution is 2.27. The van der Waals surface area contributed by atoms with Crippen molar-refractivity contribution in [3.63, 3.8) is 0 Å². The van der Waals surface area contributed by atoms with E-state index < -0.39 is 6.04 Å². The summed E-state index contributed by atoms with van der Waals surface area (Å²) in [5, 5.41) is 11.7. The number of para-hydroxylation sites is 1. The predicted octanol–water partition coefficient (Wildman–Crippen LogP) is 3.80. The number of amides is 2. The normalized spacial score (nSPS) is 19.0. The minimum Gasteiger partial charge on any atom is -0.376 e. The van der Waals surface area contributed by atoms with Crippen LogP contribution in [0.25, 0.3) is 11.0 Å². The Kier molecular flexibility index (Phi) is 7.60. The first-order chi connectivity index (χ1) is 17.6. The Morgan fingerprint density at radius 1 is 1.08 bits per heavy atom. The van der Waals surface area contributed by atoms with Crippen molar-refractivity contribution in [1.82, 2.24) is 25.2 Å². The third kappa shape index (κ3) is 5.43. The average molecular weight is 490 g/mol. The third-order valence-electron chi connectivity index (χ3n) is 7.42. The van der Waals surface area contributed by atoms with Gasteiger partial charge in [0.2, 0.25) is 11.8 Å². The van der Waals surface area contributed by atoms with Crippen molar-refractivity contribution in [3.8, 4) is 0 Å². The van der Waals surface area contributed by atoms with E-state index in [4.69, 9.17) is 4.74 Å². The smallest absolute Gasteiger partial charge is 0.247 e. The molecule has 190 valence electrons. The number of aryl methyl sites for hydroxylation is 1. The van der Waals surface area contributed by atoms with Crippen LogP contribution in [-0.2, 0) is 27.3 Å². The number of nitrogens with one attached hydrogen (secondary N) is 1. The van der Waals surface area contributed by atoms with E-state index in [1.165, 1.54) is 5.56 Å². The fourth-order valence-corrected chi connectivity index (χ4v) is 5.37. The zero-order valence-electron chi connectivity index (χ0n) is 20.9. The summed E-state index contributed by atoms with van der Waals surface area (Å²) in [5.74, 6) is -0.298. The molecule has 1 saturated heterocycles. The van der Waals surface area contributed by atoms with Crippen molar-refractivity contribution < 1.29 is 14.3 Å². The van der Waals surface area contributed by atoms with Crippen LogP contribution in [0.2, 0.25) is 0 Å². The van der Waals surface area contributed by atoms with Gasteiger partial charge in [0.25, 0.3) is 0 Å². The van der Waals surface area contributed by atoms with Crippen LogP contribution in [0.15, 0.2) is 48.5 Å². The van der Waals surface area contributed by atoms with Crippen molar-refractivity contribution in [2.75, 3.05) is 13.2 Å². The second kappa shape index (κ2) is 11.2. The lowest BCUT2D eigenvalue weighted by atomic mass is 10.00. The Balaban J connectivity index is 1.48. The third-order valence-corrected chi connectivity index (χ3v) is 7.42. The molecular formula is C28H35N5O3. The second-order valence-electron chi connectivity index (χ2n) is 9.90. The number of rotatable bonds is 9. The molecule has 1 N–H and O–H groups in total. The van der Waals surface area contributed by atoms with Gasteiger partial charge in [-0.2, -0.15) is 0 Å². The Morgan fingerprint density at radius 3 is 2.58 bits per heavy atom. The molecule has 8 nitrogen and oxygen atoms in total. The molecule has 2 heterocycles. The van der Waals surface area contributed by atoms with Crippen LogP contribution in [-0.4, -0.2) is 57.0 Å². The fourth-order valence-electron chi connectivity index (χ4n) is 5.37. The summed E-state index contributed by atoms with van der Waals surface area (Å²) in [6, 6.07) is 15.1. The van der Waals surface area contributed by atoms with Gasteiger partial charge in [0.15, 0.2) is 0 Å². The van der Waals surface area contributed by atoms with Crippen molar-refractivity contribution >= 4 is 22.8 Å². The molecule has 1 aromatic heterocycles. The van der Waals surface area contributed by atoms with Crippen LogP contribution in [0, 0.1) is 0 Å². The highest BCUT2D eigenvalue weighted by molar-refractivity contribution is 5.89. The lowest BCUT2D eigenvalue weighted by Crippen LogP contribution is -2.49. The van der Waals surface area contributed by atoms with Crippen LogP contribution >= 0.6 is 0 Å². The predicted molar refractivity (Wildman–Crippen MR) is 137 cm³/mol. The highest BCUT2D eigenvalue weighted by atomic mass is 16.5. The van der Waals surface area contributed by atoms with Crippen molar-refractivity contribution in [2.24, 2.45) is 0 Å². The number of hydrogen-bond acceptors (Lipinski definition) is 5. The quantitative estimate of drug-likeness (QED) is 0.494. The van der Waals surface area contributed by atoms with Gasteiger partial charge in [0.05, 0.1) is 11.6 Å². The largest absolute Gasteiger partial charge is 0.376 e. The number of nitrogens with zero attached hydrogens (tertiary/aromatic N) is 4. The van der Waals surface area contributed by atoms with Gasteiger partial charge in [-0.3, -0.25) is 9.59 Å². The van der Waals surface area contributed by atoms with Gasteiger partial charge in [-0.15, -0.1) is 5.10 Å². The lowest BCUT2D eigenvalue weighted by molar-refractivity contribution is -0.143. The zero-order chi connectivity index (χ0) is 24.9. The van der Waals surface area contributed by atoms with Crippen molar-refractivity contribution in [1.29, 1.82) is 0 Å². The summed E-state index contributed by atoms with van der Waals surface area (Å²) in [6.07, 6.45) is 6.88. The molecule has 0 bridgehead atoms. The molecule has 8 heteroatoms. The molecule has 1 saturated carbocycles. The van der Waals surface area contributed by atoms with E-state index >= 15 is 0 Å². The van der Waals surface area contributed by atoms with Gasteiger partial charge < -0.3 is 15.0 Å². The first kappa shape index (κ1) is 24.4. The van der Waals surface area contributed by atoms with E-state index in [0.717, 1.165) is 61.5 Å². The van der Waals surface area contributed by atoms with Gasteiger partial charge in [-0.1, -0.05) is 61.4 Å². The number of carbonyl (C=O) groups is 2. The molecule has 2 atom stereocenters. The summed E-state index contributed by atoms with van der Waals surface area (Å²) >= 11 is 0. The second-order valence-corrected chi connectivity index (χ2v) is 9.90. The standard InChI is InChI=1S/C28H35N5O3/c1-2-20-13-15-21(16-14-20)27(28(35)29-22-8-3-4-9-22)32(18-23-10-7-17-36-23)26(34)19-33-25-12-6-5-11-24(25)30-31-33/h5-6,11-16,22-23,27H,2-4,7-10,17-19H2,1H3,(H,29,35)/t23-,27-/m1/s1. The van der Waals surface area contributed by atoms with E-state index in [0.29, 0.717) is 13.2 Å². The van der Waals surface area contributed by atoms with Crippen LogP contribution in [0.3, 0.4) is 0 Å². The molecule has 2 aliphatic rings. The van der Waals surface area contributed by atoms with Gasteiger partial charge in [-0.05, 0) is 55.4 Å². The molecule has 0 unspecified atom stereocenters. The van der Waals surface area contributed by atoms with Crippen LogP contribution < -0.4 is 5.32 Å². The average Bonchev–Trinajstić information content (AvgIpc) is 3.67. The highest BCUT2D eigenvalue weighted by Gasteiger charge is 2.35. The SMILES string of the molecule is CCc1ccc([C@H](C(=O)NC2CCCC2)N(C[C@H]2CCCO2)C(=O)Cn2nnc3ccccc32)cc1. The van der Waals surface area contributed by atoms with E-state index in [2.05, 4.69) is 22.6 Å². The molecule has 36 heavy (non-hydrogen) atoms. The first-order valence-electron chi connectivity index (χ1n) is 13.2. The number of benzene rings is 2. The maximum absolute atomic E-state index is 13.9. The first-order valence-corrected chi connectivity index (χ1v) is 13.2. The summed E-state index contributed by atoms with van der Waals surface area (Å²) in [6.45, 7) is 3.16. The fraction of sp³-hybridized carbons (Fsp3) is 0.500. The summed E-state index contributed by atoms with van der Waals surface area (Å²) in [5.41, 5.74) is 3.54. The van der Waals surface area contributed by atoms with E-state index in [-0.39, 0.29) is 30.5 Å². The van der Waals surface area contributed by atoms with Crippen LogP contribution in [0.5, 0.6) is 0 Å². The molecule has 2 fully saturated rings. The van der Waals surface area contributed by atoms with Crippen LogP contribution in [0.1, 0.15) is 62.6 Å². The Morgan fingerprint density at radius 2 is 1.86 bits per heavy atom.